The number of hydrogen-bond acceptors (Lipinski definition) is 5. The minimum Gasteiger partial charge on any atom is -0.496 e. The quantitative estimate of drug-likeness (QED) is 0.587. The molecule has 4 rings (SSSR count). The molecule has 0 aliphatic carbocycles. The summed E-state index contributed by atoms with van der Waals surface area (Å²) in [5.74, 6) is 0.471. The molecule has 0 aromatic heterocycles. The van der Waals surface area contributed by atoms with E-state index in [-0.39, 0.29) is 18.2 Å². The molecule has 2 saturated heterocycles. The fraction of sp³-hybridized carbons (Fsp3) is 0.500. The summed E-state index contributed by atoms with van der Waals surface area (Å²) in [6.45, 7) is 1.76. The van der Waals surface area contributed by atoms with Crippen molar-refractivity contribution in [1.82, 2.24) is 9.62 Å². The minimum absolute atomic E-state index is 0.0852. The molecule has 1 atom stereocenters. The standard InChI is InChI=1S/C26H34N2O5S/c1-32-24-12-4-3-11-23(24)22-10-7-9-21(19-22)20-26(13-8-17-33-26)25(29)27-14-18-34(30,31)28-15-5-2-6-16-28/h3-4,7,9-12,19H,2,5-6,8,13-18,20H2,1H3,(H,27,29)/t26-/m1/s1. The van der Waals surface area contributed by atoms with Gasteiger partial charge in [0.05, 0.1) is 12.9 Å². The van der Waals surface area contributed by atoms with Crippen molar-refractivity contribution in [2.24, 2.45) is 0 Å². The highest BCUT2D eigenvalue weighted by Crippen LogP contribution is 2.33. The SMILES string of the molecule is COc1ccccc1-c1cccc(C[C@@]2(C(=O)NCCS(=O)(=O)N3CCCCC3)CCCO2)c1. The summed E-state index contributed by atoms with van der Waals surface area (Å²) < 4.78 is 38.3. The molecule has 0 bridgehead atoms. The molecule has 2 aromatic rings. The highest BCUT2D eigenvalue weighted by molar-refractivity contribution is 7.89. The third kappa shape index (κ3) is 5.62. The van der Waals surface area contributed by atoms with Crippen molar-refractivity contribution in [3.63, 3.8) is 0 Å². The van der Waals surface area contributed by atoms with E-state index in [1.54, 1.807) is 11.4 Å². The second-order valence-corrected chi connectivity index (χ2v) is 11.1. The minimum atomic E-state index is -3.36. The number of methoxy groups -OCH3 is 1. The Hall–Kier alpha value is -2.42. The highest BCUT2D eigenvalue weighted by atomic mass is 32.2. The molecule has 2 aliphatic heterocycles. The van der Waals surface area contributed by atoms with E-state index in [1.807, 2.05) is 42.5 Å². The van der Waals surface area contributed by atoms with Crippen molar-refractivity contribution in [2.45, 2.75) is 44.1 Å². The lowest BCUT2D eigenvalue weighted by molar-refractivity contribution is -0.141. The number of rotatable bonds is 9. The molecule has 1 N–H and O–H groups in total. The van der Waals surface area contributed by atoms with Crippen LogP contribution in [0.4, 0.5) is 0 Å². The van der Waals surface area contributed by atoms with Crippen LogP contribution in [0.2, 0.25) is 0 Å². The average molecular weight is 487 g/mol. The summed E-state index contributed by atoms with van der Waals surface area (Å²) in [7, 11) is -1.71. The molecule has 7 nitrogen and oxygen atoms in total. The Morgan fingerprint density at radius 1 is 1.09 bits per heavy atom. The predicted molar refractivity (Wildman–Crippen MR) is 132 cm³/mol. The molecule has 0 saturated carbocycles. The van der Waals surface area contributed by atoms with Crippen LogP contribution in [0.25, 0.3) is 11.1 Å². The Morgan fingerprint density at radius 2 is 1.88 bits per heavy atom. The fourth-order valence-electron chi connectivity index (χ4n) is 4.88. The van der Waals surface area contributed by atoms with Crippen LogP contribution in [0, 0.1) is 0 Å². The Kier molecular flexibility index (Phi) is 7.91. The number of carbonyl (C=O) groups excluding carboxylic acids is 1. The molecule has 184 valence electrons. The van der Waals surface area contributed by atoms with Gasteiger partial charge in [0.25, 0.3) is 5.91 Å². The Balaban J connectivity index is 1.44. The first-order valence-corrected chi connectivity index (χ1v) is 13.7. The molecular formula is C26H34N2O5S. The van der Waals surface area contributed by atoms with Crippen molar-refractivity contribution in [3.05, 3.63) is 54.1 Å². The topological polar surface area (TPSA) is 84.9 Å². The number of ether oxygens (including phenoxy) is 2. The van der Waals surface area contributed by atoms with Crippen LogP contribution in [0.3, 0.4) is 0 Å². The summed E-state index contributed by atoms with van der Waals surface area (Å²) >= 11 is 0. The number of piperidine rings is 1. The van der Waals surface area contributed by atoms with E-state index >= 15 is 0 Å². The van der Waals surface area contributed by atoms with Crippen LogP contribution in [0.15, 0.2) is 48.5 Å². The molecule has 8 heteroatoms. The van der Waals surface area contributed by atoms with Crippen molar-refractivity contribution < 1.29 is 22.7 Å². The van der Waals surface area contributed by atoms with Crippen molar-refractivity contribution >= 4 is 15.9 Å². The number of para-hydroxylation sites is 1. The van der Waals surface area contributed by atoms with E-state index < -0.39 is 15.6 Å². The third-order valence-electron chi connectivity index (χ3n) is 6.71. The van der Waals surface area contributed by atoms with Gasteiger partial charge in [-0.05, 0) is 42.9 Å². The first-order chi connectivity index (χ1) is 16.4. The molecule has 2 heterocycles. The first-order valence-electron chi connectivity index (χ1n) is 12.1. The number of benzene rings is 2. The molecular weight excluding hydrogens is 452 g/mol. The van der Waals surface area contributed by atoms with Gasteiger partial charge in [-0.15, -0.1) is 0 Å². The summed E-state index contributed by atoms with van der Waals surface area (Å²) in [4.78, 5) is 13.2. The zero-order valence-corrected chi connectivity index (χ0v) is 20.6. The van der Waals surface area contributed by atoms with Gasteiger partial charge in [0.2, 0.25) is 10.0 Å². The zero-order chi connectivity index (χ0) is 24.0. The number of carbonyl (C=O) groups is 1. The largest absolute Gasteiger partial charge is 0.496 e. The highest BCUT2D eigenvalue weighted by Gasteiger charge is 2.42. The summed E-state index contributed by atoms with van der Waals surface area (Å²) in [5, 5.41) is 2.86. The fourth-order valence-corrected chi connectivity index (χ4v) is 6.32. The molecule has 2 aromatic carbocycles. The maximum Gasteiger partial charge on any atom is 0.252 e. The lowest BCUT2D eigenvalue weighted by Crippen LogP contribution is -2.49. The predicted octanol–water partition coefficient (Wildman–Crippen LogP) is 3.39. The zero-order valence-electron chi connectivity index (χ0n) is 19.8. The van der Waals surface area contributed by atoms with Crippen LogP contribution in [-0.4, -0.2) is 63.3 Å². The summed E-state index contributed by atoms with van der Waals surface area (Å²) in [6.07, 6.45) is 4.71. The number of amides is 1. The summed E-state index contributed by atoms with van der Waals surface area (Å²) in [6, 6.07) is 15.9. The average Bonchev–Trinajstić information content (AvgIpc) is 3.34. The van der Waals surface area contributed by atoms with Gasteiger partial charge in [0.1, 0.15) is 5.75 Å². The van der Waals surface area contributed by atoms with Crippen LogP contribution >= 0.6 is 0 Å². The first kappa shape index (κ1) is 24.7. The monoisotopic (exact) mass is 486 g/mol. The van der Waals surface area contributed by atoms with Crippen molar-refractivity contribution in [1.29, 1.82) is 0 Å². The molecule has 0 unspecified atom stereocenters. The van der Waals surface area contributed by atoms with Gasteiger partial charge >= 0.3 is 0 Å². The number of hydrogen-bond donors (Lipinski definition) is 1. The van der Waals surface area contributed by atoms with Crippen LogP contribution in [0.5, 0.6) is 5.75 Å². The maximum atomic E-state index is 13.2. The molecule has 1 amide bonds. The van der Waals surface area contributed by atoms with Crippen LogP contribution in [0.1, 0.15) is 37.7 Å². The van der Waals surface area contributed by atoms with E-state index in [1.165, 1.54) is 0 Å². The lowest BCUT2D eigenvalue weighted by Gasteiger charge is -2.28. The number of sulfonamides is 1. The molecule has 2 fully saturated rings. The normalized spacial score (nSPS) is 21.3. The van der Waals surface area contributed by atoms with Gasteiger partial charge < -0.3 is 14.8 Å². The second kappa shape index (κ2) is 10.9. The molecule has 34 heavy (non-hydrogen) atoms. The maximum absolute atomic E-state index is 13.2. The number of nitrogens with one attached hydrogen (secondary N) is 1. The van der Waals surface area contributed by atoms with E-state index in [2.05, 4.69) is 11.4 Å². The summed E-state index contributed by atoms with van der Waals surface area (Å²) in [5.41, 5.74) is 2.01. The molecule has 0 radical (unpaired) electrons. The van der Waals surface area contributed by atoms with E-state index in [0.717, 1.165) is 48.1 Å². The Morgan fingerprint density at radius 3 is 2.62 bits per heavy atom. The van der Waals surface area contributed by atoms with Gasteiger partial charge in [0.15, 0.2) is 5.60 Å². The van der Waals surface area contributed by atoms with Crippen LogP contribution in [-0.2, 0) is 26.0 Å². The van der Waals surface area contributed by atoms with E-state index in [0.29, 0.717) is 32.5 Å². The molecule has 0 spiro atoms. The lowest BCUT2D eigenvalue weighted by atomic mass is 9.89. The Labute approximate surface area is 202 Å². The Bertz CT molecular complexity index is 1090. The van der Waals surface area contributed by atoms with Gasteiger partial charge in [-0.1, -0.05) is 48.9 Å². The van der Waals surface area contributed by atoms with E-state index in [4.69, 9.17) is 9.47 Å². The third-order valence-corrected chi connectivity index (χ3v) is 8.58. The van der Waals surface area contributed by atoms with Crippen molar-refractivity contribution in [2.75, 3.05) is 39.1 Å². The van der Waals surface area contributed by atoms with Gasteiger partial charge in [-0.3, -0.25) is 4.79 Å². The van der Waals surface area contributed by atoms with Gasteiger partial charge in [-0.25, -0.2) is 12.7 Å². The van der Waals surface area contributed by atoms with Crippen LogP contribution < -0.4 is 10.1 Å². The van der Waals surface area contributed by atoms with Gasteiger partial charge in [-0.2, -0.15) is 0 Å². The van der Waals surface area contributed by atoms with Gasteiger partial charge in [0, 0.05) is 38.2 Å². The molecule has 2 aliphatic rings. The number of nitrogens with zero attached hydrogens (tertiary/aromatic N) is 1. The smallest absolute Gasteiger partial charge is 0.252 e. The van der Waals surface area contributed by atoms with Crippen molar-refractivity contribution in [3.8, 4) is 16.9 Å². The van der Waals surface area contributed by atoms with E-state index in [9.17, 15) is 13.2 Å². The second-order valence-electron chi connectivity index (χ2n) is 9.06.